The lowest BCUT2D eigenvalue weighted by atomic mass is 9.83. The van der Waals surface area contributed by atoms with Crippen LogP contribution in [-0.2, 0) is 9.59 Å². The van der Waals surface area contributed by atoms with Gasteiger partial charge in [-0.25, -0.2) is 0 Å². The van der Waals surface area contributed by atoms with Crippen LogP contribution in [0.4, 0.5) is 0 Å². The Bertz CT molecular complexity index is 256. The molecule has 0 bridgehead atoms. The molecular formula is C10H15NO2. The van der Waals surface area contributed by atoms with E-state index in [0.717, 1.165) is 0 Å². The van der Waals surface area contributed by atoms with Gasteiger partial charge in [-0.3, -0.25) is 9.59 Å². The number of Topliss-reactive ketones (excluding diaryl/α,β-unsaturated/α-hetero) is 1. The van der Waals surface area contributed by atoms with Crippen LogP contribution in [0.1, 0.15) is 20.3 Å². The number of likely N-dealkylation sites (tertiary alicyclic amines) is 1. The van der Waals surface area contributed by atoms with E-state index in [1.54, 1.807) is 11.0 Å². The van der Waals surface area contributed by atoms with Crippen molar-refractivity contribution in [1.82, 2.24) is 4.90 Å². The molecule has 0 atom stereocenters. The Morgan fingerprint density at radius 3 is 2.69 bits per heavy atom. The van der Waals surface area contributed by atoms with Gasteiger partial charge in [-0.05, 0) is 5.41 Å². The highest BCUT2D eigenvalue weighted by molar-refractivity contribution is 6.36. The van der Waals surface area contributed by atoms with Crippen LogP contribution < -0.4 is 0 Å². The van der Waals surface area contributed by atoms with Gasteiger partial charge in [0.1, 0.15) is 0 Å². The fraction of sp³-hybridized carbons (Fsp3) is 0.600. The van der Waals surface area contributed by atoms with Crippen LogP contribution in [0.25, 0.3) is 0 Å². The third-order valence-corrected chi connectivity index (χ3v) is 2.13. The Hall–Kier alpha value is -1.12. The molecule has 1 saturated heterocycles. The van der Waals surface area contributed by atoms with Crippen molar-refractivity contribution in [2.24, 2.45) is 5.41 Å². The van der Waals surface area contributed by atoms with Crippen LogP contribution in [0.2, 0.25) is 0 Å². The summed E-state index contributed by atoms with van der Waals surface area (Å²) < 4.78 is 0. The predicted molar refractivity (Wildman–Crippen MR) is 50.2 cm³/mol. The van der Waals surface area contributed by atoms with Crippen molar-refractivity contribution >= 4 is 11.7 Å². The van der Waals surface area contributed by atoms with Crippen LogP contribution in [0.3, 0.4) is 0 Å². The maximum Gasteiger partial charge on any atom is 0.290 e. The monoisotopic (exact) mass is 181 g/mol. The lowest BCUT2D eigenvalue weighted by molar-refractivity contribution is -0.150. The third-order valence-electron chi connectivity index (χ3n) is 2.13. The third kappa shape index (κ3) is 2.17. The molecular weight excluding hydrogens is 166 g/mol. The Morgan fingerprint density at radius 2 is 2.15 bits per heavy atom. The quantitative estimate of drug-likeness (QED) is 0.471. The first kappa shape index (κ1) is 9.96. The molecule has 0 spiro atoms. The molecule has 0 aromatic heterocycles. The minimum Gasteiger partial charge on any atom is -0.332 e. The summed E-state index contributed by atoms with van der Waals surface area (Å²) in [7, 11) is 0. The lowest BCUT2D eigenvalue weighted by Crippen LogP contribution is -2.49. The van der Waals surface area contributed by atoms with Crippen molar-refractivity contribution in [2.75, 3.05) is 13.1 Å². The molecule has 0 aromatic rings. The van der Waals surface area contributed by atoms with E-state index in [-0.39, 0.29) is 17.1 Å². The van der Waals surface area contributed by atoms with Gasteiger partial charge >= 0.3 is 0 Å². The fourth-order valence-electron chi connectivity index (χ4n) is 1.63. The van der Waals surface area contributed by atoms with E-state index in [0.29, 0.717) is 19.5 Å². The second kappa shape index (κ2) is 3.32. The lowest BCUT2D eigenvalue weighted by Gasteiger charge is -2.36. The van der Waals surface area contributed by atoms with Crippen molar-refractivity contribution in [3.8, 4) is 0 Å². The van der Waals surface area contributed by atoms with Gasteiger partial charge in [0.05, 0.1) is 0 Å². The van der Waals surface area contributed by atoms with E-state index in [9.17, 15) is 9.59 Å². The normalized spacial score (nSPS) is 21.8. The van der Waals surface area contributed by atoms with E-state index in [2.05, 4.69) is 6.58 Å². The largest absolute Gasteiger partial charge is 0.332 e. The standard InChI is InChI=1S/C10H15NO2/c1-4-5-11-7-10(2,3)6-8(12)9(11)13/h4H,1,5-7H2,2-3H3. The number of carbonyl (C=O) groups is 2. The summed E-state index contributed by atoms with van der Waals surface area (Å²) in [5.74, 6) is -0.641. The molecule has 1 rings (SSSR count). The average Bonchev–Trinajstić information content (AvgIpc) is 1.99. The van der Waals surface area contributed by atoms with Crippen LogP contribution in [0.5, 0.6) is 0 Å². The molecule has 3 nitrogen and oxygen atoms in total. The average molecular weight is 181 g/mol. The maximum absolute atomic E-state index is 11.3. The van der Waals surface area contributed by atoms with E-state index in [4.69, 9.17) is 0 Å². The molecule has 0 unspecified atom stereocenters. The van der Waals surface area contributed by atoms with E-state index in [1.807, 2.05) is 13.8 Å². The second-order valence-corrected chi connectivity index (χ2v) is 4.24. The number of hydrogen-bond acceptors (Lipinski definition) is 2. The van der Waals surface area contributed by atoms with Crippen molar-refractivity contribution < 1.29 is 9.59 Å². The van der Waals surface area contributed by atoms with Crippen LogP contribution in [0.15, 0.2) is 12.7 Å². The molecule has 1 heterocycles. The van der Waals surface area contributed by atoms with Crippen molar-refractivity contribution in [1.29, 1.82) is 0 Å². The number of piperidine rings is 1. The first-order valence-electron chi connectivity index (χ1n) is 4.39. The topological polar surface area (TPSA) is 37.4 Å². The second-order valence-electron chi connectivity index (χ2n) is 4.24. The summed E-state index contributed by atoms with van der Waals surface area (Å²) in [6.07, 6.45) is 2.01. The Kier molecular flexibility index (Phi) is 2.55. The molecule has 0 aromatic carbocycles. The summed E-state index contributed by atoms with van der Waals surface area (Å²) in [6.45, 7) is 8.65. The van der Waals surface area contributed by atoms with Gasteiger partial charge in [-0.1, -0.05) is 19.9 Å². The predicted octanol–water partition coefficient (Wildman–Crippen LogP) is 1.00. The van der Waals surface area contributed by atoms with Crippen LogP contribution in [-0.4, -0.2) is 29.7 Å². The van der Waals surface area contributed by atoms with Gasteiger partial charge in [0.15, 0.2) is 0 Å². The fourth-order valence-corrected chi connectivity index (χ4v) is 1.63. The summed E-state index contributed by atoms with van der Waals surface area (Å²) >= 11 is 0. The van der Waals surface area contributed by atoms with Gasteiger partial charge < -0.3 is 4.90 Å². The van der Waals surface area contributed by atoms with E-state index >= 15 is 0 Å². The van der Waals surface area contributed by atoms with Gasteiger partial charge in [0.25, 0.3) is 5.91 Å². The van der Waals surface area contributed by atoms with Crippen molar-refractivity contribution in [2.45, 2.75) is 20.3 Å². The molecule has 1 amide bonds. The van der Waals surface area contributed by atoms with Crippen LogP contribution >= 0.6 is 0 Å². The number of ketones is 1. The maximum atomic E-state index is 11.3. The smallest absolute Gasteiger partial charge is 0.290 e. The number of nitrogens with zero attached hydrogens (tertiary/aromatic N) is 1. The first-order valence-corrected chi connectivity index (χ1v) is 4.39. The van der Waals surface area contributed by atoms with Crippen LogP contribution in [0, 0.1) is 5.41 Å². The summed E-state index contributed by atoms with van der Waals surface area (Å²) in [6, 6.07) is 0. The van der Waals surface area contributed by atoms with Gasteiger partial charge in [0, 0.05) is 19.5 Å². The Balaban J connectivity index is 2.78. The SMILES string of the molecule is C=CCN1CC(C)(C)CC(=O)C1=O. The number of amides is 1. The van der Waals surface area contributed by atoms with E-state index < -0.39 is 0 Å². The minimum atomic E-state index is -0.362. The molecule has 72 valence electrons. The molecule has 1 aliphatic heterocycles. The minimum absolute atomic E-state index is 0.0893. The van der Waals surface area contributed by atoms with Gasteiger partial charge in [0.2, 0.25) is 5.78 Å². The van der Waals surface area contributed by atoms with Crippen molar-refractivity contribution in [3.05, 3.63) is 12.7 Å². The molecule has 13 heavy (non-hydrogen) atoms. The number of rotatable bonds is 2. The zero-order valence-electron chi connectivity index (χ0n) is 8.17. The highest BCUT2D eigenvalue weighted by Gasteiger charge is 2.36. The molecule has 1 fully saturated rings. The van der Waals surface area contributed by atoms with Gasteiger partial charge in [-0.15, -0.1) is 6.58 Å². The van der Waals surface area contributed by atoms with E-state index in [1.165, 1.54) is 0 Å². The Morgan fingerprint density at radius 1 is 1.54 bits per heavy atom. The summed E-state index contributed by atoms with van der Waals surface area (Å²) in [5, 5.41) is 0. The number of hydrogen-bond donors (Lipinski definition) is 0. The summed E-state index contributed by atoms with van der Waals surface area (Å²) in [5.41, 5.74) is -0.0893. The Labute approximate surface area is 78.4 Å². The van der Waals surface area contributed by atoms with Gasteiger partial charge in [-0.2, -0.15) is 0 Å². The highest BCUT2D eigenvalue weighted by atomic mass is 16.2. The molecule has 1 aliphatic rings. The zero-order chi connectivity index (χ0) is 10.1. The molecule has 0 saturated carbocycles. The zero-order valence-corrected chi connectivity index (χ0v) is 8.17. The molecule has 3 heteroatoms. The number of carbonyl (C=O) groups excluding carboxylic acids is 2. The molecule has 0 aliphatic carbocycles. The molecule has 0 radical (unpaired) electrons. The summed E-state index contributed by atoms with van der Waals surface area (Å²) in [4.78, 5) is 24.2. The van der Waals surface area contributed by atoms with Crippen molar-refractivity contribution in [3.63, 3.8) is 0 Å². The highest BCUT2D eigenvalue weighted by Crippen LogP contribution is 2.26. The first-order chi connectivity index (χ1) is 5.96. The molecule has 0 N–H and O–H groups in total.